The Labute approximate surface area is 101 Å². The van der Waals surface area contributed by atoms with Crippen LogP contribution in [-0.4, -0.2) is 37.8 Å². The normalized spacial score (nSPS) is 10.6. The molecule has 0 bridgehead atoms. The van der Waals surface area contributed by atoms with Crippen LogP contribution in [0, 0.1) is 0 Å². The average Bonchev–Trinajstić information content (AvgIpc) is 2.34. The Kier molecular flexibility index (Phi) is 7.25. The van der Waals surface area contributed by atoms with E-state index in [1.807, 2.05) is 24.3 Å². The minimum Gasteiger partial charge on any atom is -0.392 e. The van der Waals surface area contributed by atoms with Crippen molar-refractivity contribution in [1.29, 1.82) is 0 Å². The van der Waals surface area contributed by atoms with Gasteiger partial charge in [0, 0.05) is 17.8 Å². The second-order valence-corrected chi connectivity index (χ2v) is 4.42. The highest BCUT2D eigenvalue weighted by atomic mass is 32.2. The van der Waals surface area contributed by atoms with Crippen molar-refractivity contribution < 1.29 is 14.6 Å². The summed E-state index contributed by atoms with van der Waals surface area (Å²) >= 11 is 1.75. The van der Waals surface area contributed by atoms with Crippen molar-refractivity contribution in [3.63, 3.8) is 0 Å². The first-order valence-electron chi connectivity index (χ1n) is 5.26. The number of methoxy groups -OCH3 is 1. The number of hydrogen-bond donors (Lipinski definition) is 1. The summed E-state index contributed by atoms with van der Waals surface area (Å²) in [4.78, 5) is 1.20. The Balaban J connectivity index is 2.12. The summed E-state index contributed by atoms with van der Waals surface area (Å²) in [6.07, 6.45) is 0. The van der Waals surface area contributed by atoms with E-state index in [1.165, 1.54) is 4.90 Å². The minimum absolute atomic E-state index is 0.102. The average molecular weight is 242 g/mol. The monoisotopic (exact) mass is 242 g/mol. The summed E-state index contributed by atoms with van der Waals surface area (Å²) in [6.45, 7) is 2.14. The van der Waals surface area contributed by atoms with Crippen LogP contribution < -0.4 is 0 Å². The van der Waals surface area contributed by atoms with Crippen LogP contribution in [0.5, 0.6) is 0 Å². The zero-order chi connectivity index (χ0) is 11.6. The van der Waals surface area contributed by atoms with Gasteiger partial charge in [-0.2, -0.15) is 0 Å². The van der Waals surface area contributed by atoms with Crippen LogP contribution in [0.15, 0.2) is 29.2 Å². The highest BCUT2D eigenvalue weighted by Crippen LogP contribution is 2.18. The molecule has 3 nitrogen and oxygen atoms in total. The lowest BCUT2D eigenvalue weighted by molar-refractivity contribution is 0.0790. The van der Waals surface area contributed by atoms with Crippen molar-refractivity contribution in [2.45, 2.75) is 11.5 Å². The fourth-order valence-electron chi connectivity index (χ4n) is 1.15. The first kappa shape index (κ1) is 13.5. The number of aliphatic hydroxyl groups excluding tert-OH is 1. The van der Waals surface area contributed by atoms with Gasteiger partial charge in [0.05, 0.1) is 26.4 Å². The summed E-state index contributed by atoms with van der Waals surface area (Å²) < 4.78 is 10.2. The lowest BCUT2D eigenvalue weighted by Crippen LogP contribution is -2.04. The first-order valence-corrected chi connectivity index (χ1v) is 6.24. The van der Waals surface area contributed by atoms with Crippen molar-refractivity contribution in [2.24, 2.45) is 0 Å². The van der Waals surface area contributed by atoms with Gasteiger partial charge >= 0.3 is 0 Å². The molecular formula is C12H18O3S. The van der Waals surface area contributed by atoms with Gasteiger partial charge in [0.15, 0.2) is 0 Å². The molecule has 0 saturated carbocycles. The van der Waals surface area contributed by atoms with E-state index in [4.69, 9.17) is 14.6 Å². The summed E-state index contributed by atoms with van der Waals surface area (Å²) in [7, 11) is 1.67. The SMILES string of the molecule is COCCOCCSc1ccc(CO)cc1. The molecule has 1 aromatic carbocycles. The number of aliphatic hydroxyl groups is 1. The van der Waals surface area contributed by atoms with Gasteiger partial charge in [0.2, 0.25) is 0 Å². The van der Waals surface area contributed by atoms with Crippen LogP contribution in [0.3, 0.4) is 0 Å². The van der Waals surface area contributed by atoms with Crippen molar-refractivity contribution >= 4 is 11.8 Å². The molecule has 0 aliphatic rings. The van der Waals surface area contributed by atoms with E-state index >= 15 is 0 Å². The Morgan fingerprint density at radius 2 is 1.88 bits per heavy atom. The van der Waals surface area contributed by atoms with Gasteiger partial charge in [-0.3, -0.25) is 0 Å². The molecule has 0 radical (unpaired) electrons. The van der Waals surface area contributed by atoms with Crippen LogP contribution in [0.2, 0.25) is 0 Å². The zero-order valence-corrected chi connectivity index (χ0v) is 10.3. The fraction of sp³-hybridized carbons (Fsp3) is 0.500. The number of ether oxygens (including phenoxy) is 2. The van der Waals surface area contributed by atoms with Gasteiger partial charge in [-0.1, -0.05) is 12.1 Å². The van der Waals surface area contributed by atoms with Crippen LogP contribution in [0.1, 0.15) is 5.56 Å². The van der Waals surface area contributed by atoms with Crippen LogP contribution in [-0.2, 0) is 16.1 Å². The summed E-state index contributed by atoms with van der Waals surface area (Å²) in [5, 5.41) is 8.89. The molecule has 0 heterocycles. The van der Waals surface area contributed by atoms with Gasteiger partial charge in [-0.25, -0.2) is 0 Å². The quantitative estimate of drug-likeness (QED) is 0.558. The third-order valence-electron chi connectivity index (χ3n) is 2.03. The molecule has 0 fully saturated rings. The molecule has 0 aliphatic heterocycles. The standard InChI is InChI=1S/C12H18O3S/c1-14-6-7-15-8-9-16-12-4-2-11(10-13)3-5-12/h2-5,13H,6-10H2,1H3. The lowest BCUT2D eigenvalue weighted by Gasteiger charge is -2.04. The zero-order valence-electron chi connectivity index (χ0n) is 9.52. The van der Waals surface area contributed by atoms with Crippen molar-refractivity contribution in [1.82, 2.24) is 0 Å². The Hall–Kier alpha value is -0.550. The topological polar surface area (TPSA) is 38.7 Å². The molecular weight excluding hydrogens is 224 g/mol. The molecule has 0 aliphatic carbocycles. The molecule has 0 atom stereocenters. The summed E-state index contributed by atoms with van der Waals surface area (Å²) in [5.74, 6) is 0.933. The third-order valence-corrected chi connectivity index (χ3v) is 3.01. The van der Waals surface area contributed by atoms with E-state index < -0.39 is 0 Å². The van der Waals surface area contributed by atoms with Gasteiger partial charge in [0.25, 0.3) is 0 Å². The third kappa shape index (κ3) is 5.51. The Morgan fingerprint density at radius 3 is 2.50 bits per heavy atom. The maximum absolute atomic E-state index is 8.89. The molecule has 0 unspecified atom stereocenters. The lowest BCUT2D eigenvalue weighted by atomic mass is 10.2. The summed E-state index contributed by atoms with van der Waals surface area (Å²) in [5.41, 5.74) is 0.945. The van der Waals surface area contributed by atoms with E-state index in [1.54, 1.807) is 18.9 Å². The highest BCUT2D eigenvalue weighted by molar-refractivity contribution is 7.99. The van der Waals surface area contributed by atoms with Crippen LogP contribution in [0.4, 0.5) is 0 Å². The Morgan fingerprint density at radius 1 is 1.12 bits per heavy atom. The molecule has 1 aromatic rings. The molecule has 90 valence electrons. The van der Waals surface area contributed by atoms with Gasteiger partial charge in [0.1, 0.15) is 0 Å². The molecule has 0 amide bonds. The van der Waals surface area contributed by atoms with Crippen molar-refractivity contribution in [3.8, 4) is 0 Å². The van der Waals surface area contributed by atoms with Crippen molar-refractivity contribution in [2.75, 3.05) is 32.7 Å². The van der Waals surface area contributed by atoms with Gasteiger partial charge in [-0.15, -0.1) is 11.8 Å². The van der Waals surface area contributed by atoms with Crippen LogP contribution >= 0.6 is 11.8 Å². The number of thioether (sulfide) groups is 1. The second kappa shape index (κ2) is 8.58. The van der Waals surface area contributed by atoms with E-state index in [0.29, 0.717) is 13.2 Å². The molecule has 0 aromatic heterocycles. The smallest absolute Gasteiger partial charge is 0.0700 e. The molecule has 1 N–H and O–H groups in total. The van der Waals surface area contributed by atoms with E-state index in [0.717, 1.165) is 17.9 Å². The predicted molar refractivity (Wildman–Crippen MR) is 65.8 cm³/mol. The number of benzene rings is 1. The van der Waals surface area contributed by atoms with E-state index in [-0.39, 0.29) is 6.61 Å². The minimum atomic E-state index is 0.102. The number of rotatable bonds is 8. The van der Waals surface area contributed by atoms with Crippen molar-refractivity contribution in [3.05, 3.63) is 29.8 Å². The van der Waals surface area contributed by atoms with Gasteiger partial charge < -0.3 is 14.6 Å². The predicted octanol–water partition coefficient (Wildman–Crippen LogP) is 1.93. The molecule has 4 heteroatoms. The number of hydrogen-bond acceptors (Lipinski definition) is 4. The van der Waals surface area contributed by atoms with E-state index in [2.05, 4.69) is 0 Å². The molecule has 16 heavy (non-hydrogen) atoms. The second-order valence-electron chi connectivity index (χ2n) is 3.26. The largest absolute Gasteiger partial charge is 0.392 e. The van der Waals surface area contributed by atoms with Crippen LogP contribution in [0.25, 0.3) is 0 Å². The van der Waals surface area contributed by atoms with E-state index in [9.17, 15) is 0 Å². The fourth-order valence-corrected chi connectivity index (χ4v) is 1.92. The first-order chi connectivity index (χ1) is 7.86. The molecule has 1 rings (SSSR count). The maximum Gasteiger partial charge on any atom is 0.0700 e. The molecule has 0 spiro atoms. The summed E-state index contributed by atoms with van der Waals surface area (Å²) in [6, 6.07) is 7.92. The highest BCUT2D eigenvalue weighted by Gasteiger charge is 1.95. The Bertz CT molecular complexity index is 274. The maximum atomic E-state index is 8.89. The van der Waals surface area contributed by atoms with Gasteiger partial charge in [-0.05, 0) is 17.7 Å². The molecule has 0 saturated heterocycles.